The van der Waals surface area contributed by atoms with Gasteiger partial charge in [-0.05, 0) is 29.8 Å². The molecule has 150 valence electrons. The van der Waals surface area contributed by atoms with Crippen molar-refractivity contribution in [3.63, 3.8) is 0 Å². The standard InChI is InChI=1S/C20H21N5O3S/c1-23-12-10-19(22-23)29(27,28)25(15-16-6-3-2-4-7-16)18-9-5-8-17(14-18)24-13-11-21-20(24)26/h2-10,12,14H,11,13,15H2,1H3,(H,21,26). The highest BCUT2D eigenvalue weighted by molar-refractivity contribution is 7.92. The molecule has 0 saturated carbocycles. The van der Waals surface area contributed by atoms with E-state index in [0.717, 1.165) is 5.56 Å². The van der Waals surface area contributed by atoms with Gasteiger partial charge in [-0.25, -0.2) is 4.79 Å². The number of hydrogen-bond acceptors (Lipinski definition) is 4. The lowest BCUT2D eigenvalue weighted by Gasteiger charge is -2.25. The summed E-state index contributed by atoms with van der Waals surface area (Å²) in [4.78, 5) is 13.6. The molecule has 1 N–H and O–H groups in total. The smallest absolute Gasteiger partial charge is 0.321 e. The first kappa shape index (κ1) is 19.0. The van der Waals surface area contributed by atoms with Crippen molar-refractivity contribution in [2.24, 2.45) is 7.05 Å². The van der Waals surface area contributed by atoms with Crippen LogP contribution in [0, 0.1) is 0 Å². The summed E-state index contributed by atoms with van der Waals surface area (Å²) in [7, 11) is -2.23. The summed E-state index contributed by atoms with van der Waals surface area (Å²) in [6.45, 7) is 1.24. The van der Waals surface area contributed by atoms with Crippen molar-refractivity contribution in [3.8, 4) is 0 Å². The maximum atomic E-state index is 13.4. The molecule has 0 spiro atoms. The normalized spacial score (nSPS) is 14.1. The first-order chi connectivity index (χ1) is 13.9. The van der Waals surface area contributed by atoms with Crippen molar-refractivity contribution in [3.05, 3.63) is 72.4 Å². The molecule has 1 fully saturated rings. The maximum Gasteiger partial charge on any atom is 0.321 e. The molecule has 2 aromatic carbocycles. The number of nitrogens with zero attached hydrogens (tertiary/aromatic N) is 4. The minimum Gasteiger partial charge on any atom is -0.336 e. The monoisotopic (exact) mass is 411 g/mol. The van der Waals surface area contributed by atoms with Crippen molar-refractivity contribution in [1.82, 2.24) is 15.1 Å². The van der Waals surface area contributed by atoms with Gasteiger partial charge in [0.2, 0.25) is 0 Å². The zero-order valence-electron chi connectivity index (χ0n) is 15.9. The number of nitrogens with one attached hydrogen (secondary N) is 1. The first-order valence-electron chi connectivity index (χ1n) is 9.17. The molecular weight excluding hydrogens is 390 g/mol. The number of hydrogen-bond donors (Lipinski definition) is 1. The second-order valence-corrected chi connectivity index (χ2v) is 8.54. The summed E-state index contributed by atoms with van der Waals surface area (Å²) < 4.78 is 29.6. The second kappa shape index (κ2) is 7.59. The lowest BCUT2D eigenvalue weighted by atomic mass is 10.2. The van der Waals surface area contributed by atoms with E-state index in [2.05, 4.69) is 10.4 Å². The molecule has 0 bridgehead atoms. The van der Waals surface area contributed by atoms with Crippen LogP contribution in [0.4, 0.5) is 16.2 Å². The van der Waals surface area contributed by atoms with Crippen LogP contribution in [0.25, 0.3) is 0 Å². The lowest BCUT2D eigenvalue weighted by Crippen LogP contribution is -2.32. The van der Waals surface area contributed by atoms with Crippen LogP contribution in [0.5, 0.6) is 0 Å². The molecule has 0 atom stereocenters. The highest BCUT2D eigenvalue weighted by Crippen LogP contribution is 2.29. The quantitative estimate of drug-likeness (QED) is 0.674. The van der Waals surface area contributed by atoms with E-state index in [-0.39, 0.29) is 17.6 Å². The number of amides is 2. The predicted octanol–water partition coefficient (Wildman–Crippen LogP) is 2.35. The van der Waals surface area contributed by atoms with Crippen molar-refractivity contribution in [1.29, 1.82) is 0 Å². The largest absolute Gasteiger partial charge is 0.336 e. The van der Waals surface area contributed by atoms with Gasteiger partial charge in [-0.15, -0.1) is 0 Å². The van der Waals surface area contributed by atoms with E-state index in [9.17, 15) is 13.2 Å². The summed E-state index contributed by atoms with van der Waals surface area (Å²) >= 11 is 0. The third-order valence-corrected chi connectivity index (χ3v) is 6.37. The number of rotatable bonds is 6. The highest BCUT2D eigenvalue weighted by atomic mass is 32.2. The molecule has 2 amide bonds. The number of benzene rings is 2. The van der Waals surface area contributed by atoms with E-state index in [0.29, 0.717) is 24.5 Å². The molecule has 29 heavy (non-hydrogen) atoms. The second-order valence-electron chi connectivity index (χ2n) is 6.73. The van der Waals surface area contributed by atoms with Gasteiger partial charge in [0, 0.05) is 32.0 Å². The Balaban J connectivity index is 1.77. The van der Waals surface area contributed by atoms with E-state index >= 15 is 0 Å². The van der Waals surface area contributed by atoms with Crippen LogP contribution < -0.4 is 14.5 Å². The fraction of sp³-hybridized carbons (Fsp3) is 0.200. The molecule has 0 unspecified atom stereocenters. The van der Waals surface area contributed by atoms with E-state index in [1.54, 1.807) is 42.4 Å². The Morgan fingerprint density at radius 3 is 2.55 bits per heavy atom. The molecule has 1 saturated heterocycles. The summed E-state index contributed by atoms with van der Waals surface area (Å²) in [5, 5.41) is 6.83. The Morgan fingerprint density at radius 1 is 1.10 bits per heavy atom. The molecule has 0 aliphatic carbocycles. The Labute approximate surface area is 169 Å². The lowest BCUT2D eigenvalue weighted by molar-refractivity contribution is 0.252. The van der Waals surface area contributed by atoms with Gasteiger partial charge in [0.25, 0.3) is 10.0 Å². The van der Waals surface area contributed by atoms with Gasteiger partial charge in [0.1, 0.15) is 0 Å². The Morgan fingerprint density at radius 2 is 1.90 bits per heavy atom. The predicted molar refractivity (Wildman–Crippen MR) is 110 cm³/mol. The number of aromatic nitrogens is 2. The Kier molecular flexibility index (Phi) is 4.98. The molecule has 8 nitrogen and oxygen atoms in total. The zero-order chi connectivity index (χ0) is 20.4. The average Bonchev–Trinajstić information content (AvgIpc) is 3.35. The van der Waals surface area contributed by atoms with Crippen LogP contribution in [0.2, 0.25) is 0 Å². The summed E-state index contributed by atoms with van der Waals surface area (Å²) in [6, 6.07) is 17.6. The van der Waals surface area contributed by atoms with Crippen molar-refractivity contribution >= 4 is 27.4 Å². The van der Waals surface area contributed by atoms with Crippen molar-refractivity contribution in [2.75, 3.05) is 22.3 Å². The average molecular weight is 411 g/mol. The topological polar surface area (TPSA) is 87.5 Å². The van der Waals surface area contributed by atoms with Crippen LogP contribution in [0.3, 0.4) is 0 Å². The molecular formula is C20H21N5O3S. The molecule has 1 aliphatic heterocycles. The van der Waals surface area contributed by atoms with Gasteiger partial charge in [0.15, 0.2) is 5.03 Å². The van der Waals surface area contributed by atoms with Crippen LogP contribution in [0.15, 0.2) is 71.9 Å². The van der Waals surface area contributed by atoms with Crippen molar-refractivity contribution in [2.45, 2.75) is 11.6 Å². The van der Waals surface area contributed by atoms with Gasteiger partial charge in [-0.1, -0.05) is 36.4 Å². The number of anilines is 2. The third kappa shape index (κ3) is 3.81. The van der Waals surface area contributed by atoms with Crippen LogP contribution >= 0.6 is 0 Å². The van der Waals surface area contributed by atoms with E-state index in [1.807, 2.05) is 30.3 Å². The highest BCUT2D eigenvalue weighted by Gasteiger charge is 2.29. The molecule has 9 heteroatoms. The summed E-state index contributed by atoms with van der Waals surface area (Å²) in [5.41, 5.74) is 1.96. The van der Waals surface area contributed by atoms with Crippen LogP contribution in [0.1, 0.15) is 5.56 Å². The SMILES string of the molecule is Cn1ccc(S(=O)(=O)N(Cc2ccccc2)c2cccc(N3CCNC3=O)c2)n1. The Bertz CT molecular complexity index is 1130. The fourth-order valence-corrected chi connectivity index (χ4v) is 4.64. The number of carbonyl (C=O) groups is 1. The van der Waals surface area contributed by atoms with E-state index in [1.165, 1.54) is 15.1 Å². The molecule has 3 aromatic rings. The molecule has 4 rings (SSSR count). The van der Waals surface area contributed by atoms with Crippen LogP contribution in [-0.2, 0) is 23.6 Å². The molecule has 2 heterocycles. The van der Waals surface area contributed by atoms with Gasteiger partial charge in [-0.2, -0.15) is 13.5 Å². The maximum absolute atomic E-state index is 13.4. The van der Waals surface area contributed by atoms with Crippen molar-refractivity contribution < 1.29 is 13.2 Å². The molecule has 0 radical (unpaired) electrons. The zero-order valence-corrected chi connectivity index (χ0v) is 16.7. The molecule has 1 aromatic heterocycles. The minimum absolute atomic E-state index is 0.0275. The summed E-state index contributed by atoms with van der Waals surface area (Å²) in [5.74, 6) is 0. The first-order valence-corrected chi connectivity index (χ1v) is 10.6. The van der Waals surface area contributed by atoms with Gasteiger partial charge in [0.05, 0.1) is 12.2 Å². The van der Waals surface area contributed by atoms with Crippen LogP contribution in [-0.4, -0.2) is 37.3 Å². The van der Waals surface area contributed by atoms with E-state index in [4.69, 9.17) is 0 Å². The number of sulfonamides is 1. The fourth-order valence-electron chi connectivity index (χ4n) is 3.24. The number of aryl methyl sites for hydroxylation is 1. The molecule has 1 aliphatic rings. The van der Waals surface area contributed by atoms with Gasteiger partial charge in [-0.3, -0.25) is 13.9 Å². The number of urea groups is 1. The Hall–Kier alpha value is -3.33. The minimum atomic E-state index is -3.90. The summed E-state index contributed by atoms with van der Waals surface area (Å²) in [6.07, 6.45) is 1.60. The van der Waals surface area contributed by atoms with Gasteiger partial charge >= 0.3 is 6.03 Å². The van der Waals surface area contributed by atoms with Gasteiger partial charge < -0.3 is 5.32 Å². The number of carbonyl (C=O) groups excluding carboxylic acids is 1. The van der Waals surface area contributed by atoms with E-state index < -0.39 is 10.0 Å². The third-order valence-electron chi connectivity index (χ3n) is 4.70.